The molecule has 3 aromatic rings. The van der Waals surface area contributed by atoms with Gasteiger partial charge in [0.2, 0.25) is 5.71 Å². The van der Waals surface area contributed by atoms with E-state index in [4.69, 9.17) is 9.15 Å². The number of aromatic amines is 1. The van der Waals surface area contributed by atoms with Crippen molar-refractivity contribution < 1.29 is 13.9 Å². The maximum atomic E-state index is 12.5. The van der Waals surface area contributed by atoms with Gasteiger partial charge in [-0.05, 0) is 38.6 Å². The van der Waals surface area contributed by atoms with Crippen LogP contribution in [0.15, 0.2) is 37.9 Å². The van der Waals surface area contributed by atoms with Crippen LogP contribution in [0.1, 0.15) is 34.4 Å². The third-order valence-electron chi connectivity index (χ3n) is 4.05. The summed E-state index contributed by atoms with van der Waals surface area (Å²) in [5.74, 6) is 0.208. The number of hydrogen-bond acceptors (Lipinski definition) is 6. The molecule has 1 aromatic carbocycles. The topological polar surface area (TPSA) is 88.4 Å². The van der Waals surface area contributed by atoms with Gasteiger partial charge in [0, 0.05) is 11.0 Å². The quantitative estimate of drug-likeness (QED) is 0.599. The van der Waals surface area contributed by atoms with Gasteiger partial charge in [-0.2, -0.15) is 4.98 Å². The van der Waals surface area contributed by atoms with Crippen LogP contribution >= 0.6 is 15.9 Å². The Bertz CT molecular complexity index is 1020. The average Bonchev–Trinajstić information content (AvgIpc) is 2.93. The van der Waals surface area contributed by atoms with Gasteiger partial charge >= 0.3 is 5.97 Å². The first-order chi connectivity index (χ1) is 12.9. The molecule has 0 aliphatic heterocycles. The van der Waals surface area contributed by atoms with E-state index in [0.29, 0.717) is 24.7 Å². The molecule has 0 unspecified atom stereocenters. The highest BCUT2D eigenvalue weighted by Crippen LogP contribution is 2.22. The summed E-state index contributed by atoms with van der Waals surface area (Å²) in [6.07, 6.45) is 0. The molecule has 0 aliphatic carbocycles. The lowest BCUT2D eigenvalue weighted by molar-refractivity contribution is 0.0526. The molecule has 0 saturated carbocycles. The third kappa shape index (κ3) is 4.28. The molecule has 0 spiro atoms. The first-order valence-electron chi connectivity index (χ1n) is 8.51. The fourth-order valence-electron chi connectivity index (χ4n) is 2.90. The molecule has 0 fully saturated rings. The summed E-state index contributed by atoms with van der Waals surface area (Å²) < 4.78 is 11.6. The Morgan fingerprint density at radius 2 is 2.00 bits per heavy atom. The Kier molecular flexibility index (Phi) is 5.76. The van der Waals surface area contributed by atoms with Crippen molar-refractivity contribution in [3.8, 4) is 0 Å². The molecule has 0 atom stereocenters. The van der Waals surface area contributed by atoms with Crippen molar-refractivity contribution in [2.24, 2.45) is 0 Å². The van der Waals surface area contributed by atoms with Crippen LogP contribution in [0.4, 0.5) is 0 Å². The summed E-state index contributed by atoms with van der Waals surface area (Å²) in [5, 5.41) is 0.130. The fraction of sp³-hybridized carbons (Fsp3) is 0.316. The highest BCUT2D eigenvalue weighted by atomic mass is 79.9. The summed E-state index contributed by atoms with van der Waals surface area (Å²) >= 11 is 3.42. The van der Waals surface area contributed by atoms with E-state index in [0.717, 1.165) is 10.0 Å². The van der Waals surface area contributed by atoms with E-state index in [1.54, 1.807) is 13.8 Å². The molecule has 8 heteroatoms. The van der Waals surface area contributed by atoms with E-state index in [9.17, 15) is 9.59 Å². The van der Waals surface area contributed by atoms with Gasteiger partial charge < -0.3 is 14.1 Å². The zero-order valence-electron chi connectivity index (χ0n) is 15.3. The Labute approximate surface area is 164 Å². The normalized spacial score (nSPS) is 11.3. The first kappa shape index (κ1) is 19.3. The summed E-state index contributed by atoms with van der Waals surface area (Å²) in [4.78, 5) is 33.8. The number of ether oxygens (including phenoxy) is 1. The van der Waals surface area contributed by atoms with E-state index in [2.05, 4.69) is 25.9 Å². The number of benzene rings is 1. The number of rotatable bonds is 6. The van der Waals surface area contributed by atoms with Crippen molar-refractivity contribution in [2.75, 3.05) is 13.7 Å². The van der Waals surface area contributed by atoms with E-state index >= 15 is 0 Å². The van der Waals surface area contributed by atoms with Gasteiger partial charge in [-0.25, -0.2) is 4.79 Å². The summed E-state index contributed by atoms with van der Waals surface area (Å²) in [7, 11) is 1.93. The number of furan rings is 1. The largest absolute Gasteiger partial charge is 0.462 e. The Morgan fingerprint density at radius 1 is 1.30 bits per heavy atom. The Balaban J connectivity index is 1.85. The van der Waals surface area contributed by atoms with Crippen LogP contribution in [0.5, 0.6) is 0 Å². The lowest BCUT2D eigenvalue weighted by Gasteiger charge is -2.16. The van der Waals surface area contributed by atoms with E-state index in [-0.39, 0.29) is 23.3 Å². The number of halogens is 1. The fourth-order valence-corrected chi connectivity index (χ4v) is 3.16. The molecule has 2 aromatic heterocycles. The number of esters is 1. The van der Waals surface area contributed by atoms with Crippen molar-refractivity contribution in [3.63, 3.8) is 0 Å². The second kappa shape index (κ2) is 8.06. The predicted molar refractivity (Wildman–Crippen MR) is 105 cm³/mol. The number of H-pyrrole nitrogens is 1. The number of nitrogens with one attached hydrogen (secondary N) is 1. The van der Waals surface area contributed by atoms with E-state index in [1.165, 1.54) is 0 Å². The number of hydrogen-bond donors (Lipinski definition) is 1. The first-order valence-corrected chi connectivity index (χ1v) is 9.30. The molecule has 142 valence electrons. The standard InChI is InChI=1S/C19H20BrN3O4/c1-4-26-19(25)15-11(2)27-18-16(15)17(24)21-14(22-18)10-23(3)9-12-5-7-13(20)8-6-12/h5-8H,4,9-10H2,1-3H3,(H,21,22,24). The van der Waals surface area contributed by atoms with Gasteiger partial charge in [-0.15, -0.1) is 0 Å². The van der Waals surface area contributed by atoms with Crippen molar-refractivity contribution in [1.29, 1.82) is 0 Å². The van der Waals surface area contributed by atoms with Crippen molar-refractivity contribution >= 4 is 33.0 Å². The summed E-state index contributed by atoms with van der Waals surface area (Å²) in [6.45, 7) is 4.66. The van der Waals surface area contributed by atoms with Crippen LogP contribution in [0.3, 0.4) is 0 Å². The van der Waals surface area contributed by atoms with Gasteiger partial charge in [0.05, 0.1) is 13.2 Å². The smallest absolute Gasteiger partial charge is 0.342 e. The minimum absolute atomic E-state index is 0.130. The van der Waals surface area contributed by atoms with Crippen LogP contribution in [-0.4, -0.2) is 34.5 Å². The van der Waals surface area contributed by atoms with Crippen LogP contribution in [0.25, 0.3) is 11.1 Å². The molecule has 1 N–H and O–H groups in total. The van der Waals surface area contributed by atoms with Gasteiger partial charge in [0.25, 0.3) is 5.56 Å². The SMILES string of the molecule is CCOC(=O)c1c(C)oc2nc(CN(C)Cc3ccc(Br)cc3)[nH]c(=O)c12. The second-order valence-corrected chi connectivity index (χ2v) is 7.16. The molecule has 0 saturated heterocycles. The highest BCUT2D eigenvalue weighted by molar-refractivity contribution is 9.10. The molecule has 0 radical (unpaired) electrons. The van der Waals surface area contributed by atoms with Gasteiger partial charge in [-0.3, -0.25) is 9.69 Å². The zero-order chi connectivity index (χ0) is 19.6. The van der Waals surface area contributed by atoms with Crippen LogP contribution < -0.4 is 5.56 Å². The van der Waals surface area contributed by atoms with Crippen LogP contribution in [0, 0.1) is 6.92 Å². The molecule has 7 nitrogen and oxygen atoms in total. The molecule has 2 heterocycles. The summed E-state index contributed by atoms with van der Waals surface area (Å²) in [5.41, 5.74) is 1.01. The minimum atomic E-state index is -0.582. The van der Waals surface area contributed by atoms with Crippen LogP contribution in [0.2, 0.25) is 0 Å². The molecule has 3 rings (SSSR count). The van der Waals surface area contributed by atoms with Gasteiger partial charge in [0.15, 0.2) is 0 Å². The lowest BCUT2D eigenvalue weighted by Crippen LogP contribution is -2.22. The van der Waals surface area contributed by atoms with Crippen molar-refractivity contribution in [1.82, 2.24) is 14.9 Å². The maximum absolute atomic E-state index is 12.5. The minimum Gasteiger partial charge on any atom is -0.462 e. The third-order valence-corrected chi connectivity index (χ3v) is 4.58. The predicted octanol–water partition coefficient (Wildman–Crippen LogP) is 3.40. The van der Waals surface area contributed by atoms with E-state index in [1.807, 2.05) is 36.2 Å². The van der Waals surface area contributed by atoms with Crippen molar-refractivity contribution in [2.45, 2.75) is 26.9 Å². The molecule has 0 bridgehead atoms. The number of aryl methyl sites for hydroxylation is 1. The lowest BCUT2D eigenvalue weighted by atomic mass is 10.2. The van der Waals surface area contributed by atoms with Crippen LogP contribution in [-0.2, 0) is 17.8 Å². The number of fused-ring (bicyclic) bond motifs is 1. The molecular formula is C19H20BrN3O4. The van der Waals surface area contributed by atoms with Crippen molar-refractivity contribution in [3.05, 3.63) is 61.8 Å². The monoisotopic (exact) mass is 433 g/mol. The Morgan fingerprint density at radius 3 is 2.67 bits per heavy atom. The zero-order valence-corrected chi connectivity index (χ0v) is 16.9. The molecule has 0 aliphatic rings. The maximum Gasteiger partial charge on any atom is 0.342 e. The number of carbonyl (C=O) groups is 1. The highest BCUT2D eigenvalue weighted by Gasteiger charge is 2.23. The average molecular weight is 434 g/mol. The van der Waals surface area contributed by atoms with Gasteiger partial charge in [-0.1, -0.05) is 28.1 Å². The Hall–Kier alpha value is -2.45. The number of nitrogens with zero attached hydrogens (tertiary/aromatic N) is 2. The second-order valence-electron chi connectivity index (χ2n) is 6.25. The molecule has 0 amide bonds. The number of aromatic nitrogens is 2. The van der Waals surface area contributed by atoms with E-state index < -0.39 is 11.5 Å². The molecular weight excluding hydrogens is 414 g/mol. The summed E-state index contributed by atoms with van der Waals surface area (Å²) in [6, 6.07) is 8.03. The molecule has 27 heavy (non-hydrogen) atoms. The number of carbonyl (C=O) groups excluding carboxylic acids is 1. The van der Waals surface area contributed by atoms with Gasteiger partial charge in [0.1, 0.15) is 22.5 Å².